The van der Waals surface area contributed by atoms with Gasteiger partial charge in [0.1, 0.15) is 5.76 Å². The predicted molar refractivity (Wildman–Crippen MR) is 101 cm³/mol. The number of esters is 1. The zero-order valence-electron chi connectivity index (χ0n) is 14.5. The minimum atomic E-state index is -0.557. The van der Waals surface area contributed by atoms with Crippen LogP contribution in [-0.2, 0) is 14.3 Å². The minimum absolute atomic E-state index is 0.0353. The monoisotopic (exact) mass is 387 g/mol. The molecule has 3 aromatic rings. The van der Waals surface area contributed by atoms with Crippen LogP contribution in [-0.4, -0.2) is 45.9 Å². The van der Waals surface area contributed by atoms with Gasteiger partial charge in [-0.1, -0.05) is 23.4 Å². The van der Waals surface area contributed by atoms with Crippen LogP contribution in [0.2, 0.25) is 0 Å². The number of ether oxygens (including phenoxy) is 1. The Morgan fingerprint density at radius 2 is 2.07 bits per heavy atom. The number of hydrogen-bond acceptors (Lipinski definition) is 7. The number of Topliss-reactive ketones (excluding diaryl/α,β-unsaturated/α-hetero) is 1. The molecule has 1 amide bonds. The third-order valence-corrected chi connectivity index (χ3v) is 4.51. The first-order valence-electron chi connectivity index (χ1n) is 8.09. The van der Waals surface area contributed by atoms with E-state index in [4.69, 9.17) is 9.26 Å². The van der Waals surface area contributed by atoms with Crippen molar-refractivity contribution in [3.05, 3.63) is 47.9 Å². The highest BCUT2D eigenvalue weighted by atomic mass is 32.2. The first-order chi connectivity index (χ1) is 13.0. The van der Waals surface area contributed by atoms with Crippen molar-refractivity contribution in [2.24, 2.45) is 0 Å². The van der Waals surface area contributed by atoms with Crippen LogP contribution < -0.4 is 5.32 Å². The fourth-order valence-electron chi connectivity index (χ4n) is 2.40. The molecule has 2 N–H and O–H groups in total. The maximum absolute atomic E-state index is 12.2. The molecule has 1 aromatic carbocycles. The standard InChI is InChI=1S/C18H17N3O5S/c1-11-6-16(21-26-11)20-17(23)9-27-10-18(24)25-8-15(22)13-7-19-14-5-3-2-4-12(13)14/h2-7,19H,8-10H2,1H3,(H,20,21,23). The van der Waals surface area contributed by atoms with Crippen molar-refractivity contribution in [1.29, 1.82) is 0 Å². The van der Waals surface area contributed by atoms with Crippen molar-refractivity contribution in [2.75, 3.05) is 23.4 Å². The van der Waals surface area contributed by atoms with E-state index >= 15 is 0 Å². The topological polar surface area (TPSA) is 114 Å². The SMILES string of the molecule is Cc1cc(NC(=O)CSCC(=O)OCC(=O)c2c[nH]c3ccccc23)no1. The molecule has 0 radical (unpaired) electrons. The fraction of sp³-hybridized carbons (Fsp3) is 0.222. The van der Waals surface area contributed by atoms with Crippen LogP contribution in [0.4, 0.5) is 5.82 Å². The van der Waals surface area contributed by atoms with E-state index in [0.29, 0.717) is 17.1 Å². The summed E-state index contributed by atoms with van der Waals surface area (Å²) in [6.07, 6.45) is 1.60. The Morgan fingerprint density at radius 1 is 1.26 bits per heavy atom. The predicted octanol–water partition coefficient (Wildman–Crippen LogP) is 2.56. The summed E-state index contributed by atoms with van der Waals surface area (Å²) in [7, 11) is 0. The van der Waals surface area contributed by atoms with E-state index in [2.05, 4.69) is 15.5 Å². The number of amides is 1. The lowest BCUT2D eigenvalue weighted by Gasteiger charge is -2.04. The second-order valence-electron chi connectivity index (χ2n) is 5.70. The molecule has 0 unspecified atom stereocenters. The van der Waals surface area contributed by atoms with Gasteiger partial charge in [-0.3, -0.25) is 14.4 Å². The van der Waals surface area contributed by atoms with Crippen molar-refractivity contribution >= 4 is 46.1 Å². The van der Waals surface area contributed by atoms with Crippen LogP contribution in [0.3, 0.4) is 0 Å². The highest BCUT2D eigenvalue weighted by molar-refractivity contribution is 8.00. The molecule has 0 saturated heterocycles. The second-order valence-corrected chi connectivity index (χ2v) is 6.68. The van der Waals surface area contributed by atoms with Crippen LogP contribution in [0.25, 0.3) is 10.9 Å². The van der Waals surface area contributed by atoms with Gasteiger partial charge >= 0.3 is 5.97 Å². The van der Waals surface area contributed by atoms with Gasteiger partial charge in [0.2, 0.25) is 11.7 Å². The summed E-state index contributed by atoms with van der Waals surface area (Å²) >= 11 is 1.08. The highest BCUT2D eigenvalue weighted by Crippen LogP contribution is 2.18. The maximum Gasteiger partial charge on any atom is 0.316 e. The second kappa shape index (κ2) is 8.54. The number of ketones is 1. The summed E-state index contributed by atoms with van der Waals surface area (Å²) < 4.78 is 9.84. The number of fused-ring (bicyclic) bond motifs is 1. The quantitative estimate of drug-likeness (QED) is 0.451. The third kappa shape index (κ3) is 4.98. The minimum Gasteiger partial charge on any atom is -0.457 e. The van der Waals surface area contributed by atoms with Crippen LogP contribution in [0.5, 0.6) is 0 Å². The van der Waals surface area contributed by atoms with Crippen molar-refractivity contribution in [2.45, 2.75) is 6.92 Å². The van der Waals surface area contributed by atoms with Crippen LogP contribution >= 0.6 is 11.8 Å². The zero-order valence-corrected chi connectivity index (χ0v) is 15.3. The molecular formula is C18H17N3O5S. The lowest BCUT2D eigenvalue weighted by molar-refractivity contribution is -0.139. The van der Waals surface area contributed by atoms with Gasteiger partial charge in [-0.25, -0.2) is 0 Å². The molecule has 2 heterocycles. The van der Waals surface area contributed by atoms with Crippen molar-refractivity contribution in [1.82, 2.24) is 10.1 Å². The number of anilines is 1. The maximum atomic E-state index is 12.2. The van der Waals surface area contributed by atoms with E-state index in [1.165, 1.54) is 0 Å². The lowest BCUT2D eigenvalue weighted by atomic mass is 10.1. The summed E-state index contributed by atoms with van der Waals surface area (Å²) in [6.45, 7) is 1.37. The molecule has 0 aliphatic heterocycles. The van der Waals surface area contributed by atoms with Crippen LogP contribution in [0, 0.1) is 6.92 Å². The normalized spacial score (nSPS) is 10.7. The van der Waals surface area contributed by atoms with Crippen molar-refractivity contribution < 1.29 is 23.6 Å². The van der Waals surface area contributed by atoms with Gasteiger partial charge in [-0.15, -0.1) is 11.8 Å². The van der Waals surface area contributed by atoms with Crippen LogP contribution in [0.1, 0.15) is 16.1 Å². The van der Waals surface area contributed by atoms with E-state index in [1.54, 1.807) is 19.2 Å². The number of nitrogens with zero attached hydrogens (tertiary/aromatic N) is 1. The summed E-state index contributed by atoms with van der Waals surface area (Å²) in [5, 5.41) is 6.98. The Labute approximate surface area is 158 Å². The third-order valence-electron chi connectivity index (χ3n) is 3.60. The number of aromatic amines is 1. The number of nitrogens with one attached hydrogen (secondary N) is 2. The average molecular weight is 387 g/mol. The summed E-state index contributed by atoms with van der Waals surface area (Å²) in [5.74, 6) is -0.227. The van der Waals surface area contributed by atoms with E-state index in [1.807, 2.05) is 24.3 Å². The number of aryl methyl sites for hydroxylation is 1. The molecule has 0 fully saturated rings. The molecule has 0 bridgehead atoms. The lowest BCUT2D eigenvalue weighted by Crippen LogP contribution is -2.18. The molecular weight excluding hydrogens is 370 g/mol. The van der Waals surface area contributed by atoms with Gasteiger partial charge in [-0.2, -0.15) is 0 Å². The first kappa shape index (κ1) is 18.7. The van der Waals surface area contributed by atoms with Gasteiger partial charge in [-0.05, 0) is 13.0 Å². The molecule has 0 aliphatic carbocycles. The largest absolute Gasteiger partial charge is 0.457 e. The van der Waals surface area contributed by atoms with Gasteiger partial charge in [0, 0.05) is 28.7 Å². The molecule has 0 spiro atoms. The number of hydrogen-bond donors (Lipinski definition) is 2. The zero-order chi connectivity index (χ0) is 19.2. The van der Waals surface area contributed by atoms with E-state index < -0.39 is 5.97 Å². The molecule has 140 valence electrons. The van der Waals surface area contributed by atoms with Crippen molar-refractivity contribution in [3.63, 3.8) is 0 Å². The number of para-hydroxylation sites is 1. The number of carbonyl (C=O) groups is 3. The van der Waals surface area contributed by atoms with E-state index in [9.17, 15) is 14.4 Å². The van der Waals surface area contributed by atoms with Gasteiger partial charge in [0.05, 0.1) is 11.5 Å². The molecule has 0 aliphatic rings. The Balaban J connectivity index is 1.39. The number of aromatic nitrogens is 2. The molecule has 3 rings (SSSR count). The molecule has 8 nitrogen and oxygen atoms in total. The van der Waals surface area contributed by atoms with Gasteiger partial charge in [0.25, 0.3) is 0 Å². The Kier molecular flexibility index (Phi) is 5.92. The molecule has 0 atom stereocenters. The Bertz CT molecular complexity index is 978. The average Bonchev–Trinajstić information content (AvgIpc) is 3.25. The van der Waals surface area contributed by atoms with Crippen LogP contribution in [0.15, 0.2) is 41.1 Å². The molecule has 0 saturated carbocycles. The molecule has 2 aromatic heterocycles. The number of benzene rings is 1. The molecule has 27 heavy (non-hydrogen) atoms. The highest BCUT2D eigenvalue weighted by Gasteiger charge is 2.15. The summed E-state index contributed by atoms with van der Waals surface area (Å²) in [4.78, 5) is 38.7. The smallest absolute Gasteiger partial charge is 0.316 e. The summed E-state index contributed by atoms with van der Waals surface area (Å²) in [5.41, 5.74) is 1.32. The van der Waals surface area contributed by atoms with Crippen molar-refractivity contribution in [3.8, 4) is 0 Å². The van der Waals surface area contributed by atoms with Gasteiger partial charge in [0.15, 0.2) is 12.4 Å². The Hall–Kier alpha value is -3.07. The summed E-state index contributed by atoms with van der Waals surface area (Å²) in [6, 6.07) is 8.98. The fourth-order valence-corrected chi connectivity index (χ4v) is 3.01. The first-order valence-corrected chi connectivity index (χ1v) is 9.24. The Morgan fingerprint density at radius 3 is 2.85 bits per heavy atom. The number of thioether (sulfide) groups is 1. The molecule has 9 heteroatoms. The number of rotatable bonds is 8. The van der Waals surface area contributed by atoms with E-state index in [-0.39, 0.29) is 29.8 Å². The van der Waals surface area contributed by atoms with E-state index in [0.717, 1.165) is 22.7 Å². The number of H-pyrrole nitrogens is 1. The number of carbonyl (C=O) groups excluding carboxylic acids is 3. The van der Waals surface area contributed by atoms with Gasteiger partial charge < -0.3 is 19.6 Å².